The number of amides is 1. The van der Waals surface area contributed by atoms with E-state index in [1.165, 1.54) is 6.07 Å². The maximum atomic E-state index is 10.8. The first-order valence-corrected chi connectivity index (χ1v) is 4.73. The van der Waals surface area contributed by atoms with Crippen molar-refractivity contribution in [2.45, 2.75) is 0 Å². The predicted molar refractivity (Wildman–Crippen MR) is 59.0 cm³/mol. The van der Waals surface area contributed by atoms with Crippen LogP contribution in [0.1, 0.15) is 15.9 Å². The molecule has 0 saturated carbocycles. The highest BCUT2D eigenvalue weighted by atomic mass is 127. The summed E-state index contributed by atoms with van der Waals surface area (Å²) in [6.45, 7) is 0. The Balaban J connectivity index is 3.54. The lowest BCUT2D eigenvalue weighted by molar-refractivity contribution is -0.385. The number of nitrogens with zero attached hydrogens (tertiary/aromatic N) is 2. The molecule has 1 amide bonds. The van der Waals surface area contributed by atoms with Crippen molar-refractivity contribution in [2.24, 2.45) is 5.73 Å². The van der Waals surface area contributed by atoms with Gasteiger partial charge in [-0.05, 0) is 28.7 Å². The zero-order chi connectivity index (χ0) is 11.6. The second-order valence-corrected chi connectivity index (χ2v) is 3.75. The van der Waals surface area contributed by atoms with E-state index >= 15 is 0 Å². The van der Waals surface area contributed by atoms with Gasteiger partial charge in [0.2, 0.25) is 5.91 Å². The zero-order valence-corrected chi connectivity index (χ0v) is 9.39. The molecule has 0 aliphatic carbocycles. The molecular weight excluding hydrogens is 313 g/mol. The number of carbonyl (C=O) groups excluding carboxylic acids is 1. The Kier molecular flexibility index (Phi) is 3.21. The fourth-order valence-electron chi connectivity index (χ4n) is 0.989. The van der Waals surface area contributed by atoms with Crippen LogP contribution in [0.4, 0.5) is 5.69 Å². The van der Waals surface area contributed by atoms with Gasteiger partial charge in [-0.25, -0.2) is 0 Å². The first kappa shape index (κ1) is 11.4. The average molecular weight is 317 g/mol. The summed E-state index contributed by atoms with van der Waals surface area (Å²) in [5.41, 5.74) is 4.55. The van der Waals surface area contributed by atoms with Gasteiger partial charge in [0.25, 0.3) is 5.69 Å². The van der Waals surface area contributed by atoms with Gasteiger partial charge in [0.1, 0.15) is 11.6 Å². The molecule has 0 bridgehead atoms. The molecule has 1 aromatic rings. The second kappa shape index (κ2) is 4.22. The van der Waals surface area contributed by atoms with Crippen molar-refractivity contribution >= 4 is 34.2 Å². The number of halogens is 1. The lowest BCUT2D eigenvalue weighted by Gasteiger charge is -2.00. The van der Waals surface area contributed by atoms with Crippen molar-refractivity contribution in [3.05, 3.63) is 36.9 Å². The van der Waals surface area contributed by atoms with Gasteiger partial charge < -0.3 is 5.73 Å². The summed E-state index contributed by atoms with van der Waals surface area (Å²) >= 11 is 1.74. The number of nitriles is 1. The molecule has 6 nitrogen and oxygen atoms in total. The molecule has 7 heteroatoms. The van der Waals surface area contributed by atoms with Gasteiger partial charge in [-0.2, -0.15) is 5.26 Å². The van der Waals surface area contributed by atoms with Crippen molar-refractivity contribution < 1.29 is 9.72 Å². The van der Waals surface area contributed by atoms with Crippen LogP contribution in [-0.2, 0) is 0 Å². The molecule has 0 spiro atoms. The third kappa shape index (κ3) is 2.21. The lowest BCUT2D eigenvalue weighted by Crippen LogP contribution is -2.12. The van der Waals surface area contributed by atoms with Crippen LogP contribution in [0.5, 0.6) is 0 Å². The molecule has 1 rings (SSSR count). The monoisotopic (exact) mass is 317 g/mol. The van der Waals surface area contributed by atoms with Gasteiger partial charge in [-0.1, -0.05) is 0 Å². The summed E-state index contributed by atoms with van der Waals surface area (Å²) in [5, 5.41) is 19.3. The van der Waals surface area contributed by atoms with Gasteiger partial charge >= 0.3 is 0 Å². The number of primary amides is 1. The molecule has 0 aliphatic rings. The number of hydrogen-bond acceptors (Lipinski definition) is 4. The van der Waals surface area contributed by atoms with Gasteiger partial charge in [-0.3, -0.25) is 14.9 Å². The Bertz CT molecular complexity index is 493. The Morgan fingerprint density at radius 3 is 2.60 bits per heavy atom. The van der Waals surface area contributed by atoms with Crippen LogP contribution >= 0.6 is 22.6 Å². The van der Waals surface area contributed by atoms with E-state index in [9.17, 15) is 14.9 Å². The SMILES string of the molecule is N#Cc1c(I)cc(C(N)=O)cc1[N+](=O)[O-]. The van der Waals surface area contributed by atoms with E-state index in [0.717, 1.165) is 6.07 Å². The zero-order valence-electron chi connectivity index (χ0n) is 7.23. The van der Waals surface area contributed by atoms with E-state index in [2.05, 4.69) is 0 Å². The highest BCUT2D eigenvalue weighted by Crippen LogP contribution is 2.25. The molecule has 0 radical (unpaired) electrons. The van der Waals surface area contributed by atoms with Gasteiger partial charge in [0, 0.05) is 15.2 Å². The molecule has 15 heavy (non-hydrogen) atoms. The molecule has 1 aromatic carbocycles. The van der Waals surface area contributed by atoms with Gasteiger partial charge in [-0.15, -0.1) is 0 Å². The van der Waals surface area contributed by atoms with E-state index in [1.807, 2.05) is 0 Å². The molecular formula is C8H4IN3O3. The summed E-state index contributed by atoms with van der Waals surface area (Å²) in [5.74, 6) is -0.763. The Hall–Kier alpha value is -1.69. The van der Waals surface area contributed by atoms with E-state index in [0.29, 0.717) is 3.57 Å². The van der Waals surface area contributed by atoms with Crippen molar-refractivity contribution in [2.75, 3.05) is 0 Å². The minimum Gasteiger partial charge on any atom is -0.366 e. The minimum atomic E-state index is -0.763. The van der Waals surface area contributed by atoms with Crippen molar-refractivity contribution in [3.63, 3.8) is 0 Å². The fraction of sp³-hybridized carbons (Fsp3) is 0. The largest absolute Gasteiger partial charge is 0.366 e. The smallest absolute Gasteiger partial charge is 0.288 e. The minimum absolute atomic E-state index is 0.0186. The van der Waals surface area contributed by atoms with Crippen molar-refractivity contribution in [1.29, 1.82) is 5.26 Å². The number of nitrogens with two attached hydrogens (primary N) is 1. The van der Waals surface area contributed by atoms with Crippen LogP contribution in [0.3, 0.4) is 0 Å². The van der Waals surface area contributed by atoms with Crippen LogP contribution in [0.25, 0.3) is 0 Å². The first-order chi connectivity index (χ1) is 6.97. The standard InChI is InChI=1S/C8H4IN3O3/c9-6-1-4(8(11)13)2-7(12(14)15)5(6)3-10/h1-2H,(H2,11,13). The average Bonchev–Trinajstić information content (AvgIpc) is 2.16. The molecule has 0 atom stereocenters. The lowest BCUT2D eigenvalue weighted by atomic mass is 10.1. The van der Waals surface area contributed by atoms with Crippen molar-refractivity contribution in [3.8, 4) is 6.07 Å². The molecule has 0 aromatic heterocycles. The van der Waals surface area contributed by atoms with E-state index in [4.69, 9.17) is 11.0 Å². The maximum Gasteiger partial charge on any atom is 0.288 e. The highest BCUT2D eigenvalue weighted by Gasteiger charge is 2.19. The summed E-state index contributed by atoms with van der Waals surface area (Å²) < 4.78 is 0.332. The number of hydrogen-bond donors (Lipinski definition) is 1. The first-order valence-electron chi connectivity index (χ1n) is 3.65. The molecule has 2 N–H and O–H groups in total. The third-order valence-electron chi connectivity index (χ3n) is 1.66. The summed E-state index contributed by atoms with van der Waals surface area (Å²) in [6.07, 6.45) is 0. The van der Waals surface area contributed by atoms with Crippen LogP contribution in [0, 0.1) is 25.0 Å². The summed E-state index contributed by atoms with van der Waals surface area (Å²) in [7, 11) is 0. The summed E-state index contributed by atoms with van der Waals surface area (Å²) in [4.78, 5) is 20.7. The fourth-order valence-corrected chi connectivity index (χ4v) is 1.72. The highest BCUT2D eigenvalue weighted by molar-refractivity contribution is 14.1. The quantitative estimate of drug-likeness (QED) is 0.501. The van der Waals surface area contributed by atoms with E-state index in [1.54, 1.807) is 28.7 Å². The Morgan fingerprint density at radius 1 is 1.60 bits per heavy atom. The maximum absolute atomic E-state index is 10.8. The number of nitro groups is 1. The van der Waals surface area contributed by atoms with Crippen LogP contribution in [0.15, 0.2) is 12.1 Å². The second-order valence-electron chi connectivity index (χ2n) is 2.59. The van der Waals surface area contributed by atoms with Crippen LogP contribution < -0.4 is 5.73 Å². The number of rotatable bonds is 2. The molecule has 0 saturated heterocycles. The topological polar surface area (TPSA) is 110 Å². The Labute approximate surface area is 98.0 Å². The van der Waals surface area contributed by atoms with Crippen LogP contribution in [0.2, 0.25) is 0 Å². The Morgan fingerprint density at radius 2 is 2.20 bits per heavy atom. The molecule has 0 heterocycles. The number of nitro benzene ring substituents is 1. The van der Waals surface area contributed by atoms with Gasteiger partial charge in [0.15, 0.2) is 0 Å². The van der Waals surface area contributed by atoms with E-state index < -0.39 is 16.5 Å². The molecule has 0 unspecified atom stereocenters. The van der Waals surface area contributed by atoms with E-state index in [-0.39, 0.29) is 11.1 Å². The third-order valence-corrected chi connectivity index (χ3v) is 2.51. The summed E-state index contributed by atoms with van der Waals surface area (Å²) in [6, 6.07) is 4.05. The predicted octanol–water partition coefficient (Wildman–Crippen LogP) is 1.17. The van der Waals surface area contributed by atoms with Gasteiger partial charge in [0.05, 0.1) is 4.92 Å². The molecule has 76 valence electrons. The number of benzene rings is 1. The molecule has 0 aliphatic heterocycles. The molecule has 0 fully saturated rings. The normalized spacial score (nSPS) is 9.33. The van der Waals surface area contributed by atoms with Crippen molar-refractivity contribution in [1.82, 2.24) is 0 Å². The number of carbonyl (C=O) groups is 1. The van der Waals surface area contributed by atoms with Crippen LogP contribution in [-0.4, -0.2) is 10.8 Å².